The molecule has 5 heteroatoms. The number of hydrogen-bond acceptors (Lipinski definition) is 5. The van der Waals surface area contributed by atoms with E-state index in [0.29, 0.717) is 30.0 Å². The van der Waals surface area contributed by atoms with Crippen molar-refractivity contribution in [2.24, 2.45) is 11.8 Å². The van der Waals surface area contributed by atoms with Crippen LogP contribution in [-0.4, -0.2) is 63.5 Å². The first-order valence-corrected chi connectivity index (χ1v) is 10.8. The summed E-state index contributed by atoms with van der Waals surface area (Å²) in [5, 5.41) is 0. The van der Waals surface area contributed by atoms with Crippen LogP contribution in [-0.2, 0) is 10.2 Å². The van der Waals surface area contributed by atoms with Gasteiger partial charge in [-0.3, -0.25) is 4.90 Å². The molecule has 4 fully saturated rings. The van der Waals surface area contributed by atoms with Crippen molar-refractivity contribution in [3.8, 4) is 11.5 Å². The highest BCUT2D eigenvalue weighted by Gasteiger charge is 2.69. The lowest BCUT2D eigenvalue weighted by molar-refractivity contribution is -0.0566. The maximum Gasteiger partial charge on any atom is 0.162 e. The minimum atomic E-state index is 0.216. The third-order valence-electron chi connectivity index (χ3n) is 8.93. The average Bonchev–Trinajstić information content (AvgIpc) is 3.18. The topological polar surface area (TPSA) is 34.2 Å². The molecule has 1 aromatic rings. The molecule has 0 N–H and O–H groups in total. The molecule has 0 unspecified atom stereocenters. The molecule has 1 aliphatic carbocycles. The minimum Gasteiger partial charge on any atom is -0.493 e. The monoisotopic (exact) mass is 380 g/mol. The van der Waals surface area contributed by atoms with Gasteiger partial charge in [-0.25, -0.2) is 0 Å². The van der Waals surface area contributed by atoms with E-state index in [4.69, 9.17) is 14.2 Å². The Hall–Kier alpha value is -1.72. The molecule has 0 amide bonds. The quantitative estimate of drug-likeness (QED) is 0.737. The number of rotatable bonds is 2. The largest absolute Gasteiger partial charge is 0.493 e. The zero-order chi connectivity index (χ0) is 18.6. The summed E-state index contributed by atoms with van der Waals surface area (Å²) in [5.41, 5.74) is 4.78. The zero-order valence-electron chi connectivity index (χ0n) is 16.7. The van der Waals surface area contributed by atoms with E-state index in [9.17, 15) is 0 Å². The van der Waals surface area contributed by atoms with Gasteiger partial charge in [0.25, 0.3) is 0 Å². The van der Waals surface area contributed by atoms with E-state index < -0.39 is 0 Å². The molecule has 1 spiro atoms. The smallest absolute Gasteiger partial charge is 0.162 e. The Morgan fingerprint density at radius 1 is 1.14 bits per heavy atom. The number of benzene rings is 1. The molecule has 5 heterocycles. The lowest BCUT2D eigenvalue weighted by Crippen LogP contribution is -2.68. The molecule has 1 saturated carbocycles. The Bertz CT molecular complexity index is 898. The fraction of sp³-hybridized carbons (Fsp3) is 0.652. The number of methoxy groups -OCH3 is 2. The summed E-state index contributed by atoms with van der Waals surface area (Å²) < 4.78 is 17.9. The fourth-order valence-electron chi connectivity index (χ4n) is 8.04. The molecular formula is C23H28N2O3. The van der Waals surface area contributed by atoms with Crippen LogP contribution in [0.2, 0.25) is 0 Å². The molecular weight excluding hydrogens is 352 g/mol. The minimum absolute atomic E-state index is 0.216. The van der Waals surface area contributed by atoms with Gasteiger partial charge in [-0.1, -0.05) is 11.6 Å². The van der Waals surface area contributed by atoms with E-state index in [2.05, 4.69) is 28.0 Å². The molecule has 0 aromatic heterocycles. The van der Waals surface area contributed by atoms with E-state index >= 15 is 0 Å². The lowest BCUT2D eigenvalue weighted by Gasteiger charge is -2.59. The molecule has 5 aliphatic heterocycles. The Morgan fingerprint density at radius 2 is 2.00 bits per heavy atom. The molecule has 148 valence electrons. The van der Waals surface area contributed by atoms with E-state index in [1.165, 1.54) is 30.6 Å². The Labute approximate surface area is 166 Å². The highest BCUT2D eigenvalue weighted by atomic mass is 16.5. The third kappa shape index (κ3) is 1.65. The highest BCUT2D eigenvalue weighted by molar-refractivity contribution is 5.72. The van der Waals surface area contributed by atoms with E-state index in [1.807, 2.05) is 0 Å². The number of fused-ring (bicyclic) bond motifs is 2. The summed E-state index contributed by atoms with van der Waals surface area (Å²) in [5.74, 6) is 3.05. The van der Waals surface area contributed by atoms with Crippen LogP contribution in [0.1, 0.15) is 24.8 Å². The fourth-order valence-corrected chi connectivity index (χ4v) is 8.04. The van der Waals surface area contributed by atoms with Gasteiger partial charge in [-0.15, -0.1) is 0 Å². The molecule has 3 saturated heterocycles. The van der Waals surface area contributed by atoms with Crippen molar-refractivity contribution in [2.45, 2.75) is 42.9 Å². The molecule has 28 heavy (non-hydrogen) atoms. The van der Waals surface area contributed by atoms with Gasteiger partial charge in [0, 0.05) is 48.3 Å². The van der Waals surface area contributed by atoms with Gasteiger partial charge in [0.05, 0.1) is 26.9 Å². The van der Waals surface area contributed by atoms with Crippen molar-refractivity contribution < 1.29 is 14.2 Å². The van der Waals surface area contributed by atoms with Gasteiger partial charge in [-0.05, 0) is 43.4 Å². The van der Waals surface area contributed by atoms with Crippen LogP contribution < -0.4 is 14.4 Å². The van der Waals surface area contributed by atoms with Gasteiger partial charge in [0.2, 0.25) is 0 Å². The first-order chi connectivity index (χ1) is 13.8. The molecule has 0 radical (unpaired) electrons. The number of ether oxygens (including phenoxy) is 3. The standard InChI is InChI=1S/C23H28N2O3/c1-26-18-10-15-16(11-19(18)27-2)25-6-3-17-21-14-9-20-23(15,22(21)25)5-7-24(20)12-13(14)4-8-28-17/h4,10-11,14,17,20-22H,3,5-9,12H2,1-2H3/t14-,17+,20-,21-,22-,23+/m1/s1. The predicted octanol–water partition coefficient (Wildman–Crippen LogP) is 2.58. The summed E-state index contributed by atoms with van der Waals surface area (Å²) in [7, 11) is 3.51. The van der Waals surface area contributed by atoms with Crippen molar-refractivity contribution in [1.29, 1.82) is 0 Å². The van der Waals surface area contributed by atoms with E-state index in [-0.39, 0.29) is 5.41 Å². The van der Waals surface area contributed by atoms with Crippen LogP contribution in [0.4, 0.5) is 5.69 Å². The van der Waals surface area contributed by atoms with Gasteiger partial charge in [0.15, 0.2) is 11.5 Å². The molecule has 6 aliphatic rings. The third-order valence-corrected chi connectivity index (χ3v) is 8.93. The van der Waals surface area contributed by atoms with Crippen LogP contribution in [0.3, 0.4) is 0 Å². The van der Waals surface area contributed by atoms with Crippen molar-refractivity contribution in [1.82, 2.24) is 4.90 Å². The second kappa shape index (κ2) is 5.25. The van der Waals surface area contributed by atoms with Crippen molar-refractivity contribution in [2.75, 3.05) is 45.4 Å². The normalized spacial score (nSPS) is 42.0. The Balaban J connectivity index is 1.50. The average molecular weight is 380 g/mol. The van der Waals surface area contributed by atoms with Crippen molar-refractivity contribution in [3.05, 3.63) is 29.3 Å². The van der Waals surface area contributed by atoms with Crippen LogP contribution >= 0.6 is 0 Å². The van der Waals surface area contributed by atoms with Crippen LogP contribution in [0.15, 0.2) is 23.8 Å². The number of hydrogen-bond donors (Lipinski definition) is 0. The molecule has 7 rings (SSSR count). The summed E-state index contributed by atoms with van der Waals surface area (Å²) in [6.45, 7) is 4.26. The molecule has 5 nitrogen and oxygen atoms in total. The van der Waals surface area contributed by atoms with E-state index in [1.54, 1.807) is 19.8 Å². The Kier molecular flexibility index (Phi) is 3.02. The van der Waals surface area contributed by atoms with Gasteiger partial charge < -0.3 is 19.1 Å². The summed E-state index contributed by atoms with van der Waals surface area (Å²) in [6.07, 6.45) is 6.52. The van der Waals surface area contributed by atoms with E-state index in [0.717, 1.165) is 37.6 Å². The molecule has 1 aromatic carbocycles. The Morgan fingerprint density at radius 3 is 2.86 bits per heavy atom. The number of piperidine rings is 2. The van der Waals surface area contributed by atoms with Crippen LogP contribution in [0.25, 0.3) is 0 Å². The number of nitrogens with zero attached hydrogens (tertiary/aromatic N) is 2. The number of anilines is 1. The molecule has 2 bridgehead atoms. The maximum atomic E-state index is 6.44. The van der Waals surface area contributed by atoms with Crippen LogP contribution in [0.5, 0.6) is 11.5 Å². The first kappa shape index (κ1) is 16.1. The highest BCUT2D eigenvalue weighted by Crippen LogP contribution is 2.66. The van der Waals surface area contributed by atoms with Gasteiger partial charge in [0.1, 0.15) is 0 Å². The van der Waals surface area contributed by atoms with Gasteiger partial charge >= 0.3 is 0 Å². The second-order valence-electron chi connectivity index (χ2n) is 9.50. The first-order valence-electron chi connectivity index (χ1n) is 10.8. The summed E-state index contributed by atoms with van der Waals surface area (Å²) in [6, 6.07) is 5.76. The predicted molar refractivity (Wildman–Crippen MR) is 106 cm³/mol. The van der Waals surface area contributed by atoms with Crippen molar-refractivity contribution >= 4 is 5.69 Å². The zero-order valence-corrected chi connectivity index (χ0v) is 16.7. The van der Waals surface area contributed by atoms with Crippen molar-refractivity contribution in [3.63, 3.8) is 0 Å². The second-order valence-corrected chi connectivity index (χ2v) is 9.50. The lowest BCUT2D eigenvalue weighted by atomic mass is 9.53. The maximum absolute atomic E-state index is 6.44. The molecule has 6 atom stereocenters. The van der Waals surface area contributed by atoms with Crippen LogP contribution in [0, 0.1) is 11.8 Å². The SMILES string of the molecule is COc1cc2c(cc1OC)[C@]13CCN4CC5=CCO[C@H]6CCN2[C@@H]1[C@@H]6[C@@H]5C[C@@H]43. The summed E-state index contributed by atoms with van der Waals surface area (Å²) in [4.78, 5) is 5.51. The van der Waals surface area contributed by atoms with Gasteiger partial charge in [-0.2, -0.15) is 0 Å². The summed E-state index contributed by atoms with van der Waals surface area (Å²) >= 11 is 0.